The lowest BCUT2D eigenvalue weighted by Crippen LogP contribution is -2.17. The molecule has 2 aromatic heterocycles. The van der Waals surface area contributed by atoms with Crippen LogP contribution >= 0.6 is 54.5 Å². The number of rotatable bonds is 4. The first kappa shape index (κ1) is 17.2. The van der Waals surface area contributed by atoms with Crippen LogP contribution in [0.25, 0.3) is 6.08 Å². The molecule has 1 atom stereocenters. The van der Waals surface area contributed by atoms with Crippen molar-refractivity contribution in [3.8, 4) is 0 Å². The minimum Gasteiger partial charge on any atom is -0.255 e. The molecule has 3 heterocycles. The number of anilines is 1. The molecular weight excluding hydrogens is 480 g/mol. The zero-order valence-corrected chi connectivity index (χ0v) is 17.9. The summed E-state index contributed by atoms with van der Waals surface area (Å²) in [6, 6.07) is 14.9. The molecule has 4 rings (SSSR count). The fourth-order valence-corrected chi connectivity index (χ4v) is 5.45. The lowest BCUT2D eigenvalue weighted by Gasteiger charge is -2.23. The number of allylic oxidation sites excluding steroid dienone is 1. The van der Waals surface area contributed by atoms with Crippen LogP contribution in [0.3, 0.4) is 0 Å². The van der Waals surface area contributed by atoms with E-state index >= 15 is 0 Å². The third-order valence-electron chi connectivity index (χ3n) is 3.95. The van der Waals surface area contributed by atoms with Gasteiger partial charge < -0.3 is 0 Å². The Kier molecular flexibility index (Phi) is 5.22. The molecule has 1 aliphatic rings. The quantitative estimate of drug-likeness (QED) is 0.370. The largest absolute Gasteiger partial charge is 0.255 e. The van der Waals surface area contributed by atoms with Crippen molar-refractivity contribution in [1.29, 1.82) is 0 Å². The Hall–Kier alpha value is -1.21. The molecule has 0 saturated carbocycles. The van der Waals surface area contributed by atoms with Gasteiger partial charge in [-0.2, -0.15) is 5.10 Å². The molecule has 0 N–H and O–H groups in total. The third-order valence-corrected chi connectivity index (χ3v) is 6.88. The van der Waals surface area contributed by atoms with E-state index < -0.39 is 0 Å². The zero-order valence-electron chi connectivity index (χ0n) is 13.1. The standard InChI is InChI=1S/C19H14Br2N2S2/c20-13-5-8-17(16(21)11-13)23-18(19-4-2-10-25-19)12-14(22-23)6-7-15-3-1-9-24-15/h1-11,18H,12H2/b7-6+/t18-/m0/s1. The van der Waals surface area contributed by atoms with Crippen molar-refractivity contribution in [1.82, 2.24) is 0 Å². The van der Waals surface area contributed by atoms with Crippen LogP contribution in [-0.4, -0.2) is 5.71 Å². The average Bonchev–Trinajstić information content (AvgIpc) is 3.34. The average molecular weight is 494 g/mol. The summed E-state index contributed by atoms with van der Waals surface area (Å²) in [6.45, 7) is 0. The molecule has 25 heavy (non-hydrogen) atoms. The van der Waals surface area contributed by atoms with Crippen molar-refractivity contribution in [3.63, 3.8) is 0 Å². The first-order valence-corrected chi connectivity index (χ1v) is 11.1. The number of hydrogen-bond acceptors (Lipinski definition) is 4. The van der Waals surface area contributed by atoms with Crippen LogP contribution in [0.5, 0.6) is 0 Å². The van der Waals surface area contributed by atoms with Crippen LogP contribution in [0.2, 0.25) is 0 Å². The summed E-state index contributed by atoms with van der Waals surface area (Å²) < 4.78 is 2.09. The highest BCUT2D eigenvalue weighted by molar-refractivity contribution is 9.11. The van der Waals surface area contributed by atoms with E-state index in [0.29, 0.717) is 0 Å². The number of thiophene rings is 2. The van der Waals surface area contributed by atoms with E-state index in [0.717, 1.165) is 26.8 Å². The van der Waals surface area contributed by atoms with E-state index in [2.05, 4.69) is 102 Å². The molecule has 0 bridgehead atoms. The molecule has 3 aromatic rings. The van der Waals surface area contributed by atoms with Gasteiger partial charge in [-0.05, 0) is 69.2 Å². The summed E-state index contributed by atoms with van der Waals surface area (Å²) in [6.07, 6.45) is 5.19. The van der Waals surface area contributed by atoms with Crippen molar-refractivity contribution < 1.29 is 0 Å². The number of halogens is 2. The van der Waals surface area contributed by atoms with Crippen LogP contribution < -0.4 is 5.01 Å². The molecule has 0 unspecified atom stereocenters. The number of hydrazone groups is 1. The highest BCUT2D eigenvalue weighted by atomic mass is 79.9. The summed E-state index contributed by atoms with van der Waals surface area (Å²) in [4.78, 5) is 2.58. The highest BCUT2D eigenvalue weighted by Gasteiger charge is 2.30. The summed E-state index contributed by atoms with van der Waals surface area (Å²) in [7, 11) is 0. The molecular formula is C19H14Br2N2S2. The summed E-state index contributed by atoms with van der Waals surface area (Å²) >= 11 is 10.7. The molecule has 2 nitrogen and oxygen atoms in total. The van der Waals surface area contributed by atoms with Crippen molar-refractivity contribution in [2.45, 2.75) is 12.5 Å². The van der Waals surface area contributed by atoms with Crippen LogP contribution in [0.15, 0.2) is 73.3 Å². The normalized spacial score (nSPS) is 17.4. The molecule has 6 heteroatoms. The van der Waals surface area contributed by atoms with Gasteiger partial charge >= 0.3 is 0 Å². The van der Waals surface area contributed by atoms with Crippen molar-refractivity contribution in [2.24, 2.45) is 5.10 Å². The Balaban J connectivity index is 1.68. The maximum atomic E-state index is 4.91. The first-order valence-electron chi connectivity index (χ1n) is 7.77. The van der Waals surface area contributed by atoms with Crippen LogP contribution in [0, 0.1) is 0 Å². The fraction of sp³-hybridized carbons (Fsp3) is 0.105. The molecule has 1 aromatic carbocycles. The van der Waals surface area contributed by atoms with E-state index in [1.54, 1.807) is 22.7 Å². The molecule has 0 fully saturated rings. The Morgan fingerprint density at radius 1 is 1.04 bits per heavy atom. The summed E-state index contributed by atoms with van der Waals surface area (Å²) in [5.74, 6) is 0. The van der Waals surface area contributed by atoms with Gasteiger partial charge in [0, 0.05) is 25.1 Å². The van der Waals surface area contributed by atoms with E-state index in [9.17, 15) is 0 Å². The number of benzene rings is 1. The highest BCUT2D eigenvalue weighted by Crippen LogP contribution is 2.41. The predicted octanol–water partition coefficient (Wildman–Crippen LogP) is 7.36. The second-order valence-corrected chi connectivity index (χ2v) is 9.34. The number of hydrogen-bond donors (Lipinski definition) is 0. The third kappa shape index (κ3) is 3.82. The van der Waals surface area contributed by atoms with E-state index in [1.165, 1.54) is 9.75 Å². The number of nitrogens with zero attached hydrogens (tertiary/aromatic N) is 2. The van der Waals surface area contributed by atoms with Gasteiger partial charge in [0.2, 0.25) is 0 Å². The topological polar surface area (TPSA) is 15.6 Å². The maximum Gasteiger partial charge on any atom is 0.0923 e. The van der Waals surface area contributed by atoms with Gasteiger partial charge in [-0.1, -0.05) is 28.1 Å². The van der Waals surface area contributed by atoms with Gasteiger partial charge in [-0.3, -0.25) is 5.01 Å². The lowest BCUT2D eigenvalue weighted by atomic mass is 10.1. The van der Waals surface area contributed by atoms with Gasteiger partial charge in [0.05, 0.1) is 17.4 Å². The molecule has 0 spiro atoms. The van der Waals surface area contributed by atoms with Gasteiger partial charge in [0.15, 0.2) is 0 Å². The smallest absolute Gasteiger partial charge is 0.0923 e. The molecule has 126 valence electrons. The summed E-state index contributed by atoms with van der Waals surface area (Å²) in [5, 5.41) is 11.3. The minimum atomic E-state index is 0.237. The summed E-state index contributed by atoms with van der Waals surface area (Å²) in [5.41, 5.74) is 2.18. The Morgan fingerprint density at radius 3 is 2.60 bits per heavy atom. The zero-order chi connectivity index (χ0) is 17.2. The molecule has 0 amide bonds. The monoisotopic (exact) mass is 492 g/mol. The van der Waals surface area contributed by atoms with Gasteiger partial charge in [0.25, 0.3) is 0 Å². The lowest BCUT2D eigenvalue weighted by molar-refractivity contribution is 0.720. The van der Waals surface area contributed by atoms with Gasteiger partial charge in [-0.25, -0.2) is 0 Å². The minimum absolute atomic E-state index is 0.237. The fourth-order valence-electron chi connectivity index (χ4n) is 2.79. The molecule has 1 aliphatic heterocycles. The van der Waals surface area contributed by atoms with Crippen LogP contribution in [-0.2, 0) is 0 Å². The molecule has 0 aliphatic carbocycles. The Morgan fingerprint density at radius 2 is 1.88 bits per heavy atom. The van der Waals surface area contributed by atoms with E-state index in [1.807, 2.05) is 0 Å². The van der Waals surface area contributed by atoms with Crippen molar-refractivity contribution in [2.75, 3.05) is 5.01 Å². The van der Waals surface area contributed by atoms with E-state index in [4.69, 9.17) is 5.10 Å². The first-order chi connectivity index (χ1) is 12.2. The SMILES string of the molecule is Brc1ccc(N2N=C(/C=C/c3cccs3)C[C@H]2c2cccs2)c(Br)c1. The second-order valence-electron chi connectivity index (χ2n) is 5.62. The van der Waals surface area contributed by atoms with Crippen molar-refractivity contribution >= 4 is 72.0 Å². The Labute approximate surface area is 171 Å². The van der Waals surface area contributed by atoms with Crippen LogP contribution in [0.1, 0.15) is 22.2 Å². The molecule has 0 radical (unpaired) electrons. The maximum absolute atomic E-state index is 4.91. The Bertz CT molecular complexity index is 915. The predicted molar refractivity (Wildman–Crippen MR) is 117 cm³/mol. The van der Waals surface area contributed by atoms with E-state index in [-0.39, 0.29) is 6.04 Å². The molecule has 0 saturated heterocycles. The van der Waals surface area contributed by atoms with Crippen LogP contribution in [0.4, 0.5) is 5.69 Å². The van der Waals surface area contributed by atoms with Gasteiger partial charge in [-0.15, -0.1) is 22.7 Å². The second kappa shape index (κ2) is 7.58. The van der Waals surface area contributed by atoms with Gasteiger partial charge in [0.1, 0.15) is 0 Å². The van der Waals surface area contributed by atoms with Crippen molar-refractivity contribution in [3.05, 3.63) is 78.0 Å².